The van der Waals surface area contributed by atoms with Crippen LogP contribution in [0, 0.1) is 5.41 Å². The van der Waals surface area contributed by atoms with Crippen molar-refractivity contribution in [3.05, 3.63) is 23.8 Å². The van der Waals surface area contributed by atoms with Crippen LogP contribution >= 0.6 is 0 Å². The summed E-state index contributed by atoms with van der Waals surface area (Å²) in [6, 6.07) is 0.525. The first-order valence-corrected chi connectivity index (χ1v) is 7.46. The number of nitrogens with two attached hydrogens (primary N) is 1. The fourth-order valence-corrected chi connectivity index (χ4v) is 2.49. The van der Waals surface area contributed by atoms with Crippen LogP contribution in [0.1, 0.15) is 51.9 Å². The number of hydrogen-bond donors (Lipinski definition) is 3. The molecule has 1 atom stereocenters. The molecule has 1 fully saturated rings. The molecule has 2 rings (SSSR count). The smallest absolute Gasteiger partial charge is 0.331 e. The highest BCUT2D eigenvalue weighted by Gasteiger charge is 2.34. The van der Waals surface area contributed by atoms with Crippen LogP contribution < -0.4 is 5.73 Å². The summed E-state index contributed by atoms with van der Waals surface area (Å²) in [5, 5.41) is 17.5. The van der Waals surface area contributed by atoms with E-state index in [0.29, 0.717) is 6.04 Å². The van der Waals surface area contributed by atoms with E-state index in [1.165, 1.54) is 63.7 Å². The van der Waals surface area contributed by atoms with Crippen molar-refractivity contribution in [2.24, 2.45) is 11.1 Å². The van der Waals surface area contributed by atoms with Gasteiger partial charge in [0.15, 0.2) is 0 Å². The van der Waals surface area contributed by atoms with Crippen LogP contribution in [0.5, 0.6) is 0 Å². The Labute approximate surface area is 125 Å². The minimum atomic E-state index is -1.08. The molecule has 5 nitrogen and oxygen atoms in total. The Kier molecular flexibility index (Phi) is 6.62. The SMILES string of the molecule is CC1(C(=O)O)C=CC=C(C(=O)O)C1.NC1CCCCCC1. The zero-order valence-corrected chi connectivity index (χ0v) is 12.5. The van der Waals surface area contributed by atoms with E-state index in [4.69, 9.17) is 15.9 Å². The van der Waals surface area contributed by atoms with Crippen molar-refractivity contribution in [3.63, 3.8) is 0 Å². The van der Waals surface area contributed by atoms with E-state index >= 15 is 0 Å². The zero-order chi connectivity index (χ0) is 15.9. The lowest BCUT2D eigenvalue weighted by atomic mass is 9.80. The molecular formula is C16H25NO4. The van der Waals surface area contributed by atoms with Gasteiger partial charge < -0.3 is 15.9 Å². The number of carboxylic acid groups (broad SMARTS) is 2. The second kappa shape index (κ2) is 7.98. The molecule has 0 spiro atoms. The molecule has 0 aliphatic heterocycles. The van der Waals surface area contributed by atoms with E-state index in [-0.39, 0.29) is 12.0 Å². The summed E-state index contributed by atoms with van der Waals surface area (Å²) in [5.74, 6) is -2.06. The maximum Gasteiger partial charge on any atom is 0.331 e. The average Bonchev–Trinajstić information content (AvgIpc) is 2.67. The van der Waals surface area contributed by atoms with Crippen LogP contribution in [0.25, 0.3) is 0 Å². The number of hydrogen-bond acceptors (Lipinski definition) is 3. The van der Waals surface area contributed by atoms with Crippen molar-refractivity contribution < 1.29 is 19.8 Å². The Morgan fingerprint density at radius 1 is 1.19 bits per heavy atom. The molecule has 4 N–H and O–H groups in total. The predicted molar refractivity (Wildman–Crippen MR) is 80.9 cm³/mol. The molecule has 118 valence electrons. The summed E-state index contributed by atoms with van der Waals surface area (Å²) < 4.78 is 0. The van der Waals surface area contributed by atoms with Crippen LogP contribution in [-0.4, -0.2) is 28.2 Å². The van der Waals surface area contributed by atoms with Crippen molar-refractivity contribution >= 4 is 11.9 Å². The third-order valence-electron chi connectivity index (χ3n) is 3.98. The first kappa shape index (κ1) is 17.4. The molecule has 0 radical (unpaired) electrons. The van der Waals surface area contributed by atoms with Gasteiger partial charge in [0.05, 0.1) is 5.41 Å². The third-order valence-corrected chi connectivity index (χ3v) is 3.98. The topological polar surface area (TPSA) is 101 Å². The van der Waals surface area contributed by atoms with Crippen LogP contribution in [-0.2, 0) is 9.59 Å². The molecule has 2 aliphatic carbocycles. The van der Waals surface area contributed by atoms with Crippen molar-refractivity contribution in [1.82, 2.24) is 0 Å². The summed E-state index contributed by atoms with van der Waals surface area (Å²) >= 11 is 0. The van der Waals surface area contributed by atoms with Crippen molar-refractivity contribution in [3.8, 4) is 0 Å². The summed E-state index contributed by atoms with van der Waals surface area (Å²) in [5.41, 5.74) is 4.79. The van der Waals surface area contributed by atoms with E-state index in [1.54, 1.807) is 0 Å². The maximum atomic E-state index is 10.8. The fraction of sp³-hybridized carbons (Fsp3) is 0.625. The van der Waals surface area contributed by atoms with Gasteiger partial charge in [0.25, 0.3) is 0 Å². The molecule has 0 aromatic carbocycles. The molecular weight excluding hydrogens is 270 g/mol. The standard InChI is InChI=1S/C9H10O4.C7H15N/c1-9(8(12)13)4-2-3-6(5-9)7(10)11;8-7-5-3-1-2-4-6-7/h2-4H,5H2,1H3,(H,10,11)(H,12,13);7H,1-6,8H2. The highest BCUT2D eigenvalue weighted by Crippen LogP contribution is 2.31. The largest absolute Gasteiger partial charge is 0.481 e. The molecule has 0 aromatic rings. The Balaban J connectivity index is 0.000000235. The Morgan fingerprint density at radius 3 is 2.24 bits per heavy atom. The van der Waals surface area contributed by atoms with Gasteiger partial charge >= 0.3 is 11.9 Å². The van der Waals surface area contributed by atoms with Gasteiger partial charge in [-0.25, -0.2) is 4.79 Å². The number of carboxylic acids is 2. The number of aliphatic carboxylic acids is 2. The Hall–Kier alpha value is -1.62. The molecule has 0 amide bonds. The Morgan fingerprint density at radius 2 is 1.76 bits per heavy atom. The van der Waals surface area contributed by atoms with Gasteiger partial charge in [0.1, 0.15) is 0 Å². The molecule has 0 saturated heterocycles. The zero-order valence-electron chi connectivity index (χ0n) is 12.5. The average molecular weight is 295 g/mol. The minimum Gasteiger partial charge on any atom is -0.481 e. The lowest BCUT2D eigenvalue weighted by molar-refractivity contribution is -0.145. The lowest BCUT2D eigenvalue weighted by Crippen LogP contribution is -2.28. The monoisotopic (exact) mass is 295 g/mol. The number of allylic oxidation sites excluding steroid dienone is 2. The van der Waals surface area contributed by atoms with Gasteiger partial charge in [0, 0.05) is 11.6 Å². The summed E-state index contributed by atoms with van der Waals surface area (Å²) in [4.78, 5) is 21.3. The highest BCUT2D eigenvalue weighted by molar-refractivity contribution is 5.90. The van der Waals surface area contributed by atoms with E-state index in [1.807, 2.05) is 0 Å². The van der Waals surface area contributed by atoms with E-state index in [9.17, 15) is 9.59 Å². The summed E-state index contributed by atoms with van der Waals surface area (Å²) in [6.45, 7) is 1.50. The summed E-state index contributed by atoms with van der Waals surface area (Å²) in [6.07, 6.45) is 12.5. The molecule has 5 heteroatoms. The molecule has 1 saturated carbocycles. The van der Waals surface area contributed by atoms with Gasteiger partial charge in [-0.3, -0.25) is 4.79 Å². The third kappa shape index (κ3) is 5.71. The van der Waals surface area contributed by atoms with Crippen LogP contribution in [0.2, 0.25) is 0 Å². The minimum absolute atomic E-state index is 0.0359. The molecule has 0 heterocycles. The van der Waals surface area contributed by atoms with Gasteiger partial charge in [-0.05, 0) is 26.2 Å². The predicted octanol–water partition coefficient (Wildman–Crippen LogP) is 2.72. The fourth-order valence-electron chi connectivity index (χ4n) is 2.49. The number of carbonyl (C=O) groups is 2. The highest BCUT2D eigenvalue weighted by atomic mass is 16.4. The maximum absolute atomic E-state index is 10.8. The number of rotatable bonds is 2. The van der Waals surface area contributed by atoms with Crippen LogP contribution in [0.3, 0.4) is 0 Å². The molecule has 2 aliphatic rings. The molecule has 0 bridgehead atoms. The van der Waals surface area contributed by atoms with E-state index in [0.717, 1.165) is 0 Å². The first-order valence-electron chi connectivity index (χ1n) is 7.46. The van der Waals surface area contributed by atoms with E-state index in [2.05, 4.69) is 0 Å². The van der Waals surface area contributed by atoms with Gasteiger partial charge in [-0.1, -0.05) is 43.9 Å². The van der Waals surface area contributed by atoms with Gasteiger partial charge in [0.2, 0.25) is 0 Å². The Bertz CT molecular complexity index is 434. The second-order valence-electron chi connectivity index (χ2n) is 6.01. The normalized spacial score (nSPS) is 26.1. The van der Waals surface area contributed by atoms with Crippen molar-refractivity contribution in [1.29, 1.82) is 0 Å². The van der Waals surface area contributed by atoms with Crippen LogP contribution in [0.4, 0.5) is 0 Å². The van der Waals surface area contributed by atoms with Crippen LogP contribution in [0.15, 0.2) is 23.8 Å². The van der Waals surface area contributed by atoms with Gasteiger partial charge in [-0.2, -0.15) is 0 Å². The molecule has 21 heavy (non-hydrogen) atoms. The van der Waals surface area contributed by atoms with Crippen molar-refractivity contribution in [2.75, 3.05) is 0 Å². The first-order chi connectivity index (χ1) is 9.85. The van der Waals surface area contributed by atoms with Crippen molar-refractivity contribution in [2.45, 2.75) is 57.9 Å². The van der Waals surface area contributed by atoms with E-state index < -0.39 is 17.4 Å². The second-order valence-corrected chi connectivity index (χ2v) is 6.01. The molecule has 0 aromatic heterocycles. The molecule has 1 unspecified atom stereocenters. The van der Waals surface area contributed by atoms with Gasteiger partial charge in [-0.15, -0.1) is 0 Å². The quantitative estimate of drug-likeness (QED) is 0.680. The summed E-state index contributed by atoms with van der Waals surface area (Å²) in [7, 11) is 0. The lowest BCUT2D eigenvalue weighted by Gasteiger charge is -2.23.